The van der Waals surface area contributed by atoms with Gasteiger partial charge in [0.05, 0.1) is 14.6 Å². The van der Waals surface area contributed by atoms with Crippen molar-refractivity contribution in [2.75, 3.05) is 0 Å². The van der Waals surface area contributed by atoms with E-state index in [2.05, 4.69) is 10.1 Å². The van der Waals surface area contributed by atoms with Crippen molar-refractivity contribution in [3.05, 3.63) is 32.9 Å². The van der Waals surface area contributed by atoms with E-state index < -0.39 is 0 Å². The van der Waals surface area contributed by atoms with E-state index >= 15 is 0 Å². The molecule has 0 aliphatic heterocycles. The third kappa shape index (κ3) is 3.43. The van der Waals surface area contributed by atoms with E-state index in [9.17, 15) is 9.59 Å². The Labute approximate surface area is 160 Å². The number of carbonyl (C=O) groups is 1. The zero-order valence-corrected chi connectivity index (χ0v) is 17.1. The van der Waals surface area contributed by atoms with E-state index in [0.29, 0.717) is 11.2 Å². The van der Waals surface area contributed by atoms with E-state index in [0.717, 1.165) is 14.6 Å². The number of carbonyl (C=O) groups excluding carboxylic acids is 1. The minimum Gasteiger partial charge on any atom is -0.336 e. The number of hydrogen-bond donors (Lipinski definition) is 0. The second kappa shape index (κ2) is 7.28. The Balaban J connectivity index is 2.11. The fraction of sp³-hybridized carbons (Fsp3) is 0.444. The lowest BCUT2D eigenvalue weighted by molar-refractivity contribution is -0.135. The number of amides is 1. The summed E-state index contributed by atoms with van der Waals surface area (Å²) in [5, 5.41) is 7.32. The molecule has 0 aliphatic rings. The third-order valence-electron chi connectivity index (χ3n) is 4.05. The fourth-order valence-electron chi connectivity index (χ4n) is 3.13. The van der Waals surface area contributed by atoms with Crippen LogP contribution in [0.25, 0.3) is 20.8 Å². The first-order valence-corrected chi connectivity index (χ1v) is 10.2. The highest BCUT2D eigenvalue weighted by molar-refractivity contribution is 7.20. The van der Waals surface area contributed by atoms with Gasteiger partial charge in [0.25, 0.3) is 5.56 Å². The molecule has 0 fully saturated rings. The van der Waals surface area contributed by atoms with Crippen molar-refractivity contribution in [2.24, 2.45) is 0 Å². The Morgan fingerprint density at radius 3 is 2.54 bits per heavy atom. The first-order valence-electron chi connectivity index (χ1n) is 8.53. The molecule has 0 bridgehead atoms. The van der Waals surface area contributed by atoms with E-state index in [-0.39, 0.29) is 30.1 Å². The highest BCUT2D eigenvalue weighted by Gasteiger charge is 2.23. The van der Waals surface area contributed by atoms with Crippen LogP contribution in [0.2, 0.25) is 0 Å². The van der Waals surface area contributed by atoms with Gasteiger partial charge in [0.15, 0.2) is 5.52 Å². The van der Waals surface area contributed by atoms with Crippen molar-refractivity contribution < 1.29 is 4.79 Å². The van der Waals surface area contributed by atoms with Gasteiger partial charge in [-0.05, 0) is 46.1 Å². The van der Waals surface area contributed by atoms with Crippen molar-refractivity contribution in [2.45, 2.75) is 53.2 Å². The Morgan fingerprint density at radius 1 is 1.27 bits per heavy atom. The van der Waals surface area contributed by atoms with Gasteiger partial charge in [-0.3, -0.25) is 9.59 Å². The van der Waals surface area contributed by atoms with Crippen LogP contribution in [0.1, 0.15) is 32.7 Å². The molecule has 0 radical (unpaired) electrons. The van der Waals surface area contributed by atoms with Crippen LogP contribution in [-0.4, -0.2) is 37.7 Å². The van der Waals surface area contributed by atoms with Crippen molar-refractivity contribution in [3.63, 3.8) is 0 Å². The Kier molecular flexibility index (Phi) is 5.24. The molecule has 3 aromatic rings. The summed E-state index contributed by atoms with van der Waals surface area (Å²) < 4.78 is 2.04. The van der Waals surface area contributed by atoms with E-state index in [4.69, 9.17) is 0 Å². The molecular formula is C18H22N4O2S2. The van der Waals surface area contributed by atoms with Crippen LogP contribution < -0.4 is 5.56 Å². The monoisotopic (exact) mass is 390 g/mol. The molecule has 0 atom stereocenters. The molecule has 6 nitrogen and oxygen atoms in total. The summed E-state index contributed by atoms with van der Waals surface area (Å²) in [5.74, 6) is -0.118. The van der Waals surface area contributed by atoms with Crippen molar-refractivity contribution >= 4 is 38.8 Å². The van der Waals surface area contributed by atoms with Gasteiger partial charge < -0.3 is 4.90 Å². The highest BCUT2D eigenvalue weighted by Crippen LogP contribution is 2.31. The first kappa shape index (κ1) is 18.7. The molecule has 3 rings (SSSR count). The lowest BCUT2D eigenvalue weighted by atomic mass is 10.2. The number of thiazole rings is 1. The maximum atomic E-state index is 12.8. The SMILES string of the molecule is Cc1nc2c(=O)n(CC(=O)N(C(C)C)C(C)C)nc(-c3cccs3)c2s1. The third-order valence-corrected chi connectivity index (χ3v) is 5.90. The predicted molar refractivity (Wildman–Crippen MR) is 107 cm³/mol. The lowest BCUT2D eigenvalue weighted by Gasteiger charge is -2.30. The maximum Gasteiger partial charge on any atom is 0.294 e. The van der Waals surface area contributed by atoms with Crippen LogP contribution in [0.15, 0.2) is 22.3 Å². The predicted octanol–water partition coefficient (Wildman–Crippen LogP) is 3.54. The summed E-state index contributed by atoms with van der Waals surface area (Å²) in [6, 6.07) is 4.02. The smallest absolute Gasteiger partial charge is 0.294 e. The van der Waals surface area contributed by atoms with Crippen LogP contribution in [0.4, 0.5) is 0 Å². The molecule has 3 aromatic heterocycles. The van der Waals surface area contributed by atoms with Crippen LogP contribution in [0, 0.1) is 6.92 Å². The van der Waals surface area contributed by atoms with Gasteiger partial charge in [-0.15, -0.1) is 22.7 Å². The van der Waals surface area contributed by atoms with Gasteiger partial charge in [0.1, 0.15) is 12.2 Å². The Bertz CT molecular complexity index is 979. The molecule has 138 valence electrons. The van der Waals surface area contributed by atoms with Crippen LogP contribution in [0.3, 0.4) is 0 Å². The molecule has 0 saturated carbocycles. The topological polar surface area (TPSA) is 68.1 Å². The van der Waals surface area contributed by atoms with E-state index in [1.807, 2.05) is 52.1 Å². The number of aryl methyl sites for hydroxylation is 1. The number of thiophene rings is 1. The number of hydrogen-bond acceptors (Lipinski definition) is 6. The lowest BCUT2D eigenvalue weighted by Crippen LogP contribution is -2.45. The van der Waals surface area contributed by atoms with Crippen molar-refractivity contribution in [1.82, 2.24) is 19.7 Å². The van der Waals surface area contributed by atoms with Crippen LogP contribution in [-0.2, 0) is 11.3 Å². The minimum atomic E-state index is -0.314. The summed E-state index contributed by atoms with van der Waals surface area (Å²) >= 11 is 3.01. The van der Waals surface area contributed by atoms with Crippen LogP contribution >= 0.6 is 22.7 Å². The molecule has 8 heteroatoms. The quantitative estimate of drug-likeness (QED) is 0.668. The molecule has 26 heavy (non-hydrogen) atoms. The number of nitrogens with zero attached hydrogens (tertiary/aromatic N) is 4. The van der Waals surface area contributed by atoms with Gasteiger partial charge in [-0.2, -0.15) is 5.10 Å². The molecule has 0 aliphatic carbocycles. The summed E-state index contributed by atoms with van der Waals surface area (Å²) in [4.78, 5) is 32.8. The van der Waals surface area contributed by atoms with Crippen LogP contribution in [0.5, 0.6) is 0 Å². The maximum absolute atomic E-state index is 12.8. The molecule has 1 amide bonds. The zero-order valence-electron chi connectivity index (χ0n) is 15.5. The highest BCUT2D eigenvalue weighted by atomic mass is 32.1. The average Bonchev–Trinajstić information content (AvgIpc) is 3.18. The normalized spacial score (nSPS) is 11.7. The van der Waals surface area contributed by atoms with E-state index in [1.54, 1.807) is 16.2 Å². The molecular weight excluding hydrogens is 368 g/mol. The second-order valence-corrected chi connectivity index (χ2v) is 8.84. The van der Waals surface area contributed by atoms with Gasteiger partial charge in [-0.1, -0.05) is 6.07 Å². The summed E-state index contributed by atoms with van der Waals surface area (Å²) in [6.45, 7) is 9.67. The fourth-order valence-corrected chi connectivity index (χ4v) is 4.82. The second-order valence-electron chi connectivity index (χ2n) is 6.69. The number of aromatic nitrogens is 3. The van der Waals surface area contributed by atoms with E-state index in [1.165, 1.54) is 16.0 Å². The zero-order chi connectivity index (χ0) is 19.0. The Morgan fingerprint density at radius 2 is 1.96 bits per heavy atom. The van der Waals surface area contributed by atoms with Crippen molar-refractivity contribution in [3.8, 4) is 10.6 Å². The van der Waals surface area contributed by atoms with Gasteiger partial charge in [0.2, 0.25) is 5.91 Å². The number of fused-ring (bicyclic) bond motifs is 1. The molecule has 0 saturated heterocycles. The molecule has 0 N–H and O–H groups in total. The standard InChI is InChI=1S/C18H22N4O2S2/c1-10(2)22(11(3)4)14(23)9-21-18(24)16-17(26-12(5)19-16)15(20-21)13-7-6-8-25-13/h6-8,10-11H,9H2,1-5H3. The number of rotatable bonds is 5. The molecule has 3 heterocycles. The molecule has 0 spiro atoms. The largest absolute Gasteiger partial charge is 0.336 e. The van der Waals surface area contributed by atoms with Gasteiger partial charge >= 0.3 is 0 Å². The summed E-state index contributed by atoms with van der Waals surface area (Å²) in [6.07, 6.45) is 0. The summed E-state index contributed by atoms with van der Waals surface area (Å²) in [7, 11) is 0. The Hall–Kier alpha value is -2.06. The van der Waals surface area contributed by atoms with Gasteiger partial charge in [0, 0.05) is 12.1 Å². The minimum absolute atomic E-state index is 0.0558. The molecule has 0 aromatic carbocycles. The summed E-state index contributed by atoms with van der Waals surface area (Å²) in [5.41, 5.74) is 0.790. The molecule has 0 unspecified atom stereocenters. The first-order chi connectivity index (χ1) is 12.3. The van der Waals surface area contributed by atoms with Crippen molar-refractivity contribution in [1.29, 1.82) is 0 Å². The average molecular weight is 391 g/mol. The van der Waals surface area contributed by atoms with Gasteiger partial charge in [-0.25, -0.2) is 9.67 Å².